The van der Waals surface area contributed by atoms with Crippen molar-refractivity contribution in [3.05, 3.63) is 66.0 Å². The fourth-order valence-corrected chi connectivity index (χ4v) is 3.54. The summed E-state index contributed by atoms with van der Waals surface area (Å²) in [7, 11) is 0. The first-order chi connectivity index (χ1) is 14.1. The summed E-state index contributed by atoms with van der Waals surface area (Å²) in [5.74, 6) is 0.173. The Morgan fingerprint density at radius 2 is 1.79 bits per heavy atom. The zero-order valence-corrected chi connectivity index (χ0v) is 16.2. The molecular weight excluding hydrogens is 371 g/mol. The highest BCUT2D eigenvalue weighted by Crippen LogP contribution is 2.26. The van der Waals surface area contributed by atoms with Gasteiger partial charge < -0.3 is 14.6 Å². The van der Waals surface area contributed by atoms with Crippen molar-refractivity contribution in [1.29, 1.82) is 0 Å². The lowest BCUT2D eigenvalue weighted by atomic mass is 9.95. The number of nitrogens with zero attached hydrogens (tertiary/aromatic N) is 3. The van der Waals surface area contributed by atoms with Crippen molar-refractivity contribution in [2.75, 3.05) is 18.0 Å². The SMILES string of the molecule is C[C@@H](NC(=O)C1CCN(c2nnc(-c3ccccc3)o2)CC1)c1ccc(F)cc1. The lowest BCUT2D eigenvalue weighted by Crippen LogP contribution is -2.41. The molecule has 1 fully saturated rings. The summed E-state index contributed by atoms with van der Waals surface area (Å²) in [4.78, 5) is 14.6. The van der Waals surface area contributed by atoms with Gasteiger partial charge >= 0.3 is 6.01 Å². The van der Waals surface area contributed by atoms with Crippen LogP contribution in [0, 0.1) is 11.7 Å². The van der Waals surface area contributed by atoms with Crippen LogP contribution in [0.15, 0.2) is 59.0 Å². The summed E-state index contributed by atoms with van der Waals surface area (Å²) < 4.78 is 18.9. The summed E-state index contributed by atoms with van der Waals surface area (Å²) in [6.07, 6.45) is 1.43. The Bertz CT molecular complexity index is 950. The van der Waals surface area contributed by atoms with Crippen molar-refractivity contribution >= 4 is 11.9 Å². The fraction of sp³-hybridized carbons (Fsp3) is 0.318. The van der Waals surface area contributed by atoms with Crippen LogP contribution in [-0.4, -0.2) is 29.2 Å². The monoisotopic (exact) mass is 394 g/mol. The van der Waals surface area contributed by atoms with Gasteiger partial charge in [-0.05, 0) is 49.6 Å². The van der Waals surface area contributed by atoms with Crippen LogP contribution in [0.3, 0.4) is 0 Å². The van der Waals surface area contributed by atoms with Crippen LogP contribution in [-0.2, 0) is 4.79 Å². The summed E-state index contributed by atoms with van der Waals surface area (Å²) in [6, 6.07) is 16.2. The van der Waals surface area contributed by atoms with E-state index in [-0.39, 0.29) is 23.7 Å². The number of amides is 1. The first-order valence-corrected chi connectivity index (χ1v) is 9.80. The number of anilines is 1. The van der Waals surface area contributed by atoms with Gasteiger partial charge in [0, 0.05) is 24.6 Å². The third-order valence-electron chi connectivity index (χ3n) is 5.30. The molecule has 0 spiro atoms. The topological polar surface area (TPSA) is 71.3 Å². The Balaban J connectivity index is 1.31. The molecule has 0 radical (unpaired) electrons. The third-order valence-corrected chi connectivity index (χ3v) is 5.30. The van der Waals surface area contributed by atoms with Crippen LogP contribution in [0.4, 0.5) is 10.4 Å². The minimum Gasteiger partial charge on any atom is -0.403 e. The Morgan fingerprint density at radius 3 is 2.48 bits per heavy atom. The molecule has 7 heteroatoms. The van der Waals surface area contributed by atoms with Crippen molar-refractivity contribution < 1.29 is 13.6 Å². The van der Waals surface area contributed by atoms with E-state index in [1.54, 1.807) is 12.1 Å². The Labute approximate surface area is 168 Å². The second-order valence-electron chi connectivity index (χ2n) is 7.30. The fourth-order valence-electron chi connectivity index (χ4n) is 3.54. The van der Waals surface area contributed by atoms with Crippen LogP contribution < -0.4 is 10.2 Å². The number of benzene rings is 2. The summed E-state index contributed by atoms with van der Waals surface area (Å²) in [5, 5.41) is 11.3. The predicted molar refractivity (Wildman–Crippen MR) is 108 cm³/mol. The van der Waals surface area contributed by atoms with E-state index in [0.29, 0.717) is 37.8 Å². The highest BCUT2D eigenvalue weighted by Gasteiger charge is 2.28. The molecule has 6 nitrogen and oxygen atoms in total. The molecular formula is C22H23FN4O2. The number of nitrogens with one attached hydrogen (secondary N) is 1. The molecule has 150 valence electrons. The van der Waals surface area contributed by atoms with Crippen molar-refractivity contribution in [2.45, 2.75) is 25.8 Å². The molecule has 1 aliphatic heterocycles. The molecule has 2 heterocycles. The maximum Gasteiger partial charge on any atom is 0.318 e. The molecule has 0 unspecified atom stereocenters. The molecule has 1 N–H and O–H groups in total. The van der Waals surface area contributed by atoms with Crippen molar-refractivity contribution in [2.24, 2.45) is 5.92 Å². The van der Waals surface area contributed by atoms with Crippen molar-refractivity contribution in [1.82, 2.24) is 15.5 Å². The van der Waals surface area contributed by atoms with E-state index in [1.165, 1.54) is 12.1 Å². The average Bonchev–Trinajstić information content (AvgIpc) is 3.25. The molecule has 29 heavy (non-hydrogen) atoms. The van der Waals surface area contributed by atoms with E-state index in [9.17, 15) is 9.18 Å². The molecule has 1 aliphatic rings. The van der Waals surface area contributed by atoms with Gasteiger partial charge in [-0.1, -0.05) is 35.4 Å². The molecule has 1 atom stereocenters. The quantitative estimate of drug-likeness (QED) is 0.709. The lowest BCUT2D eigenvalue weighted by Gasteiger charge is -2.30. The first kappa shape index (κ1) is 19.1. The first-order valence-electron chi connectivity index (χ1n) is 9.80. The van der Waals surface area contributed by atoms with Gasteiger partial charge in [0.05, 0.1) is 6.04 Å². The van der Waals surface area contributed by atoms with Crippen LogP contribution in [0.2, 0.25) is 0 Å². The zero-order valence-electron chi connectivity index (χ0n) is 16.2. The van der Waals surface area contributed by atoms with E-state index in [4.69, 9.17) is 4.42 Å². The van der Waals surface area contributed by atoms with E-state index in [1.807, 2.05) is 42.2 Å². The smallest absolute Gasteiger partial charge is 0.318 e. The highest BCUT2D eigenvalue weighted by atomic mass is 19.1. The highest BCUT2D eigenvalue weighted by molar-refractivity contribution is 5.79. The number of halogens is 1. The molecule has 0 saturated carbocycles. The van der Waals surface area contributed by atoms with Crippen molar-refractivity contribution in [3.8, 4) is 11.5 Å². The number of hydrogen-bond acceptors (Lipinski definition) is 5. The normalized spacial score (nSPS) is 15.9. The minimum atomic E-state index is -0.281. The van der Waals surface area contributed by atoms with Gasteiger partial charge in [0.1, 0.15) is 5.82 Å². The molecule has 4 rings (SSSR count). The van der Waals surface area contributed by atoms with Gasteiger partial charge in [0.15, 0.2) is 0 Å². The largest absolute Gasteiger partial charge is 0.403 e. The number of carbonyl (C=O) groups is 1. The second-order valence-corrected chi connectivity index (χ2v) is 7.30. The summed E-state index contributed by atoms with van der Waals surface area (Å²) in [6.45, 7) is 3.27. The maximum absolute atomic E-state index is 13.1. The van der Waals surface area contributed by atoms with E-state index in [2.05, 4.69) is 15.5 Å². The van der Waals surface area contributed by atoms with Crippen LogP contribution >= 0.6 is 0 Å². The van der Waals surface area contributed by atoms with Crippen molar-refractivity contribution in [3.63, 3.8) is 0 Å². The number of carbonyl (C=O) groups excluding carboxylic acids is 1. The Kier molecular flexibility index (Phi) is 5.55. The standard InChI is InChI=1S/C22H23FN4O2/c1-15(16-7-9-19(23)10-8-16)24-20(28)17-11-13-27(14-12-17)22-26-25-21(29-22)18-5-3-2-4-6-18/h2-10,15,17H,11-14H2,1H3,(H,24,28)/t15-/m1/s1. The Morgan fingerprint density at radius 1 is 1.10 bits per heavy atom. The van der Waals surface area contributed by atoms with Gasteiger partial charge in [-0.2, -0.15) is 0 Å². The zero-order chi connectivity index (χ0) is 20.2. The predicted octanol–water partition coefficient (Wildman–Crippen LogP) is 3.97. The van der Waals surface area contributed by atoms with Crippen LogP contribution in [0.5, 0.6) is 0 Å². The number of hydrogen-bond donors (Lipinski definition) is 1. The summed E-state index contributed by atoms with van der Waals surface area (Å²) in [5.41, 5.74) is 1.77. The molecule has 0 bridgehead atoms. The van der Waals surface area contributed by atoms with E-state index in [0.717, 1.165) is 11.1 Å². The van der Waals surface area contributed by atoms with E-state index >= 15 is 0 Å². The number of rotatable bonds is 5. The van der Waals surface area contributed by atoms with Gasteiger partial charge in [0.25, 0.3) is 0 Å². The third kappa shape index (κ3) is 4.45. The number of aromatic nitrogens is 2. The molecule has 0 aliphatic carbocycles. The minimum absolute atomic E-state index is 0.0250. The average molecular weight is 394 g/mol. The van der Waals surface area contributed by atoms with Crippen LogP contribution in [0.25, 0.3) is 11.5 Å². The molecule has 1 amide bonds. The second kappa shape index (κ2) is 8.43. The van der Waals surface area contributed by atoms with Gasteiger partial charge in [-0.25, -0.2) is 4.39 Å². The van der Waals surface area contributed by atoms with Gasteiger partial charge in [0.2, 0.25) is 11.8 Å². The number of piperidine rings is 1. The van der Waals surface area contributed by atoms with Gasteiger partial charge in [-0.15, -0.1) is 5.10 Å². The van der Waals surface area contributed by atoms with Gasteiger partial charge in [-0.3, -0.25) is 4.79 Å². The Hall–Kier alpha value is -3.22. The molecule has 1 saturated heterocycles. The molecule has 1 aromatic heterocycles. The molecule has 2 aromatic carbocycles. The maximum atomic E-state index is 13.1. The van der Waals surface area contributed by atoms with E-state index < -0.39 is 0 Å². The lowest BCUT2D eigenvalue weighted by molar-refractivity contribution is -0.126. The summed E-state index contributed by atoms with van der Waals surface area (Å²) >= 11 is 0. The molecule has 3 aromatic rings. The van der Waals surface area contributed by atoms with Crippen LogP contribution in [0.1, 0.15) is 31.4 Å².